The predicted octanol–water partition coefficient (Wildman–Crippen LogP) is 2.58. The Morgan fingerprint density at radius 1 is 1.47 bits per heavy atom. The highest BCUT2D eigenvalue weighted by atomic mass is 16.1. The number of aldehydes is 1. The van der Waals surface area contributed by atoms with E-state index in [1.807, 2.05) is 10.9 Å². The molecule has 1 aromatic rings. The summed E-state index contributed by atoms with van der Waals surface area (Å²) < 4.78 is 1.96. The van der Waals surface area contributed by atoms with Crippen molar-refractivity contribution in [3.8, 4) is 0 Å². The summed E-state index contributed by atoms with van der Waals surface area (Å²) in [5, 5.41) is 8.08. The molecule has 0 spiro atoms. The quantitative estimate of drug-likeness (QED) is 0.714. The summed E-state index contributed by atoms with van der Waals surface area (Å²) in [6, 6.07) is 0. The van der Waals surface area contributed by atoms with Crippen molar-refractivity contribution < 1.29 is 4.79 Å². The molecule has 0 saturated heterocycles. The number of carbonyl (C=O) groups excluding carboxylic acids is 1. The molecular formula is C13H23N3O. The van der Waals surface area contributed by atoms with Crippen LogP contribution in [-0.2, 0) is 16.8 Å². The van der Waals surface area contributed by atoms with Gasteiger partial charge in [0.25, 0.3) is 0 Å². The molecule has 4 nitrogen and oxygen atoms in total. The Morgan fingerprint density at radius 3 is 2.71 bits per heavy atom. The second-order valence-corrected chi connectivity index (χ2v) is 5.54. The van der Waals surface area contributed by atoms with Crippen LogP contribution in [-0.4, -0.2) is 21.3 Å². The van der Waals surface area contributed by atoms with Crippen LogP contribution >= 0.6 is 0 Å². The van der Waals surface area contributed by atoms with Crippen molar-refractivity contribution in [2.24, 2.45) is 5.92 Å². The monoisotopic (exact) mass is 237 g/mol. The number of rotatable bonds is 6. The van der Waals surface area contributed by atoms with E-state index in [2.05, 4.69) is 38.0 Å². The maximum atomic E-state index is 10.7. The first-order valence-corrected chi connectivity index (χ1v) is 6.33. The van der Waals surface area contributed by atoms with Crippen LogP contribution in [0, 0.1) is 5.92 Å². The van der Waals surface area contributed by atoms with Crippen LogP contribution in [0.2, 0.25) is 0 Å². The molecule has 0 bridgehead atoms. The van der Waals surface area contributed by atoms with Crippen molar-refractivity contribution in [2.75, 3.05) is 0 Å². The molecule has 0 aromatic carbocycles. The van der Waals surface area contributed by atoms with E-state index in [0.717, 1.165) is 37.8 Å². The molecule has 0 amide bonds. The minimum Gasteiger partial charge on any atom is -0.303 e. The van der Waals surface area contributed by atoms with Crippen LogP contribution in [0.5, 0.6) is 0 Å². The van der Waals surface area contributed by atoms with E-state index in [0.29, 0.717) is 0 Å². The molecule has 1 atom stereocenters. The Morgan fingerprint density at radius 2 is 2.18 bits per heavy atom. The fourth-order valence-electron chi connectivity index (χ4n) is 1.88. The molecular weight excluding hydrogens is 214 g/mol. The maximum absolute atomic E-state index is 10.7. The minimum absolute atomic E-state index is 0.0678. The lowest BCUT2D eigenvalue weighted by atomic mass is 9.92. The molecule has 1 aromatic heterocycles. The molecule has 1 rings (SSSR count). The zero-order valence-corrected chi connectivity index (χ0v) is 11.3. The minimum atomic E-state index is 0.0678. The molecule has 4 heteroatoms. The van der Waals surface area contributed by atoms with Gasteiger partial charge < -0.3 is 4.79 Å². The highest BCUT2D eigenvalue weighted by Gasteiger charge is 2.19. The Kier molecular flexibility index (Phi) is 4.85. The average Bonchev–Trinajstić information content (AvgIpc) is 2.72. The van der Waals surface area contributed by atoms with E-state index >= 15 is 0 Å². The molecule has 0 fully saturated rings. The molecule has 0 saturated carbocycles. The molecule has 0 aliphatic heterocycles. The Balaban J connectivity index is 2.53. The number of hydrogen-bond acceptors (Lipinski definition) is 3. The Bertz CT molecular complexity index is 352. The van der Waals surface area contributed by atoms with Gasteiger partial charge in [-0.15, -0.1) is 5.10 Å². The molecule has 0 N–H and O–H groups in total. The van der Waals surface area contributed by atoms with Gasteiger partial charge in [0.05, 0.1) is 11.9 Å². The Hall–Kier alpha value is -1.19. The van der Waals surface area contributed by atoms with Crippen molar-refractivity contribution in [3.05, 3.63) is 11.9 Å². The van der Waals surface area contributed by atoms with E-state index in [4.69, 9.17) is 0 Å². The van der Waals surface area contributed by atoms with Crippen molar-refractivity contribution in [1.29, 1.82) is 0 Å². The number of aryl methyl sites for hydroxylation is 1. The van der Waals surface area contributed by atoms with Crippen LogP contribution < -0.4 is 0 Å². The summed E-state index contributed by atoms with van der Waals surface area (Å²) in [6.07, 6.45) is 5.73. The van der Waals surface area contributed by atoms with Crippen molar-refractivity contribution in [2.45, 2.75) is 58.9 Å². The van der Waals surface area contributed by atoms with Gasteiger partial charge in [-0.25, -0.2) is 4.68 Å². The van der Waals surface area contributed by atoms with Gasteiger partial charge in [0.2, 0.25) is 0 Å². The fraction of sp³-hybridized carbons (Fsp3) is 0.769. The largest absolute Gasteiger partial charge is 0.303 e. The van der Waals surface area contributed by atoms with E-state index in [1.54, 1.807) is 0 Å². The first-order valence-electron chi connectivity index (χ1n) is 6.33. The number of nitrogens with zero attached hydrogens (tertiary/aromatic N) is 3. The van der Waals surface area contributed by atoms with Gasteiger partial charge >= 0.3 is 0 Å². The van der Waals surface area contributed by atoms with Gasteiger partial charge in [-0.2, -0.15) is 0 Å². The number of aromatic nitrogens is 3. The lowest BCUT2D eigenvalue weighted by molar-refractivity contribution is -0.111. The van der Waals surface area contributed by atoms with E-state index in [-0.39, 0.29) is 11.3 Å². The predicted molar refractivity (Wildman–Crippen MR) is 67.8 cm³/mol. The van der Waals surface area contributed by atoms with Crippen LogP contribution in [0.15, 0.2) is 6.20 Å². The summed E-state index contributed by atoms with van der Waals surface area (Å²) >= 11 is 0. The van der Waals surface area contributed by atoms with Gasteiger partial charge in [-0.1, -0.05) is 32.9 Å². The standard InChI is InChI=1S/C13H23N3O/c1-5-11(10-17)7-6-8-16-12(9-14-15-16)13(2,3)4/h9-11H,5-8H2,1-4H3. The molecule has 1 unspecified atom stereocenters. The van der Waals surface area contributed by atoms with Gasteiger partial charge in [0.15, 0.2) is 0 Å². The highest BCUT2D eigenvalue weighted by molar-refractivity contribution is 5.53. The van der Waals surface area contributed by atoms with Gasteiger partial charge in [-0.05, 0) is 19.3 Å². The number of hydrogen-bond donors (Lipinski definition) is 0. The zero-order valence-electron chi connectivity index (χ0n) is 11.3. The third kappa shape index (κ3) is 3.95. The molecule has 0 radical (unpaired) electrons. The SMILES string of the molecule is CCC(C=O)CCCn1nncc1C(C)(C)C. The molecule has 0 aliphatic carbocycles. The summed E-state index contributed by atoms with van der Waals surface area (Å²) in [5.74, 6) is 0.191. The van der Waals surface area contributed by atoms with Crippen LogP contribution in [0.4, 0.5) is 0 Å². The Labute approximate surface area is 103 Å². The molecule has 1 heterocycles. The van der Waals surface area contributed by atoms with Crippen LogP contribution in [0.3, 0.4) is 0 Å². The first kappa shape index (κ1) is 13.9. The first-order chi connectivity index (χ1) is 7.99. The summed E-state index contributed by atoms with van der Waals surface area (Å²) in [7, 11) is 0. The lowest BCUT2D eigenvalue weighted by Crippen LogP contribution is -2.19. The van der Waals surface area contributed by atoms with E-state index in [9.17, 15) is 4.79 Å². The maximum Gasteiger partial charge on any atom is 0.123 e. The second-order valence-electron chi connectivity index (χ2n) is 5.54. The van der Waals surface area contributed by atoms with E-state index in [1.165, 1.54) is 0 Å². The smallest absolute Gasteiger partial charge is 0.123 e. The zero-order chi connectivity index (χ0) is 12.9. The second kappa shape index (κ2) is 5.94. The molecule has 96 valence electrons. The van der Waals surface area contributed by atoms with Crippen LogP contribution in [0.1, 0.15) is 52.7 Å². The van der Waals surface area contributed by atoms with Crippen LogP contribution in [0.25, 0.3) is 0 Å². The third-order valence-electron chi connectivity index (χ3n) is 3.05. The van der Waals surface area contributed by atoms with Gasteiger partial charge in [0.1, 0.15) is 6.29 Å². The topological polar surface area (TPSA) is 47.8 Å². The summed E-state index contributed by atoms with van der Waals surface area (Å²) in [5.41, 5.74) is 1.22. The third-order valence-corrected chi connectivity index (χ3v) is 3.05. The van der Waals surface area contributed by atoms with Crippen molar-refractivity contribution >= 4 is 6.29 Å². The number of carbonyl (C=O) groups is 1. The highest BCUT2D eigenvalue weighted by Crippen LogP contribution is 2.21. The van der Waals surface area contributed by atoms with Gasteiger partial charge in [-0.3, -0.25) is 0 Å². The summed E-state index contributed by atoms with van der Waals surface area (Å²) in [6.45, 7) is 9.36. The fourth-order valence-corrected chi connectivity index (χ4v) is 1.88. The molecule has 17 heavy (non-hydrogen) atoms. The normalized spacial score (nSPS) is 13.6. The molecule has 0 aliphatic rings. The average molecular weight is 237 g/mol. The van der Waals surface area contributed by atoms with Crippen molar-refractivity contribution in [1.82, 2.24) is 15.0 Å². The van der Waals surface area contributed by atoms with E-state index < -0.39 is 0 Å². The van der Waals surface area contributed by atoms with Gasteiger partial charge in [0, 0.05) is 17.9 Å². The lowest BCUT2D eigenvalue weighted by Gasteiger charge is -2.19. The summed E-state index contributed by atoms with van der Waals surface area (Å²) in [4.78, 5) is 10.7. The van der Waals surface area contributed by atoms with Crippen molar-refractivity contribution in [3.63, 3.8) is 0 Å².